The van der Waals surface area contributed by atoms with Gasteiger partial charge in [-0.25, -0.2) is 4.68 Å². The number of hydrogen-bond acceptors (Lipinski definition) is 3. The molecular formula is C19H23N3O3. The molecule has 1 amide bonds. The largest absolute Gasteiger partial charge is 0.481 e. The first-order valence-electron chi connectivity index (χ1n) is 8.68. The second-order valence-corrected chi connectivity index (χ2v) is 6.64. The van der Waals surface area contributed by atoms with Crippen molar-refractivity contribution < 1.29 is 14.7 Å². The lowest BCUT2D eigenvalue weighted by atomic mass is 9.81. The van der Waals surface area contributed by atoms with Gasteiger partial charge in [0.25, 0.3) is 0 Å². The number of nitrogens with zero attached hydrogens (tertiary/aromatic N) is 2. The summed E-state index contributed by atoms with van der Waals surface area (Å²) in [5.74, 6) is -1.49. The summed E-state index contributed by atoms with van der Waals surface area (Å²) >= 11 is 0. The molecule has 0 radical (unpaired) electrons. The average molecular weight is 341 g/mol. The number of nitrogens with one attached hydrogen (secondary N) is 1. The molecular weight excluding hydrogens is 318 g/mol. The standard InChI is InChI=1S/C19H23N3O3/c1-13(16-8-2-3-9-17(16)22-11-5-10-20-22)21-18(23)14-6-4-7-15(12-14)19(24)25/h2-3,5,8-11,13-15H,4,6-7,12H2,1H3,(H,21,23)(H,24,25). The Morgan fingerprint density at radius 3 is 2.72 bits per heavy atom. The third-order valence-electron chi connectivity index (χ3n) is 4.91. The van der Waals surface area contributed by atoms with Crippen molar-refractivity contribution in [2.45, 2.75) is 38.6 Å². The van der Waals surface area contributed by atoms with Gasteiger partial charge in [-0.1, -0.05) is 24.6 Å². The highest BCUT2D eigenvalue weighted by molar-refractivity contribution is 5.80. The first-order chi connectivity index (χ1) is 12.1. The summed E-state index contributed by atoms with van der Waals surface area (Å²) in [6.45, 7) is 1.94. The fourth-order valence-electron chi connectivity index (χ4n) is 3.53. The number of benzene rings is 1. The van der Waals surface area contributed by atoms with Crippen molar-refractivity contribution in [1.82, 2.24) is 15.1 Å². The number of hydrogen-bond donors (Lipinski definition) is 2. The molecule has 1 fully saturated rings. The van der Waals surface area contributed by atoms with E-state index in [0.717, 1.165) is 24.1 Å². The Balaban J connectivity index is 1.71. The van der Waals surface area contributed by atoms with Gasteiger partial charge in [0.1, 0.15) is 0 Å². The SMILES string of the molecule is CC(NC(=O)C1CCCC(C(=O)O)C1)c1ccccc1-n1cccn1. The number of carboxylic acids is 1. The van der Waals surface area contributed by atoms with Crippen LogP contribution in [0.25, 0.3) is 5.69 Å². The zero-order chi connectivity index (χ0) is 17.8. The van der Waals surface area contributed by atoms with Crippen molar-refractivity contribution in [3.8, 4) is 5.69 Å². The van der Waals surface area contributed by atoms with E-state index < -0.39 is 11.9 Å². The summed E-state index contributed by atoms with van der Waals surface area (Å²) in [5, 5.41) is 16.5. The molecule has 1 aliphatic rings. The Hall–Kier alpha value is -2.63. The van der Waals surface area contributed by atoms with Crippen LogP contribution in [0.2, 0.25) is 0 Å². The molecule has 3 unspecified atom stereocenters. The van der Waals surface area contributed by atoms with Gasteiger partial charge >= 0.3 is 5.97 Å². The van der Waals surface area contributed by atoms with E-state index in [-0.39, 0.29) is 17.9 Å². The van der Waals surface area contributed by atoms with Crippen molar-refractivity contribution in [1.29, 1.82) is 0 Å². The van der Waals surface area contributed by atoms with E-state index in [1.807, 2.05) is 43.5 Å². The fourth-order valence-corrected chi connectivity index (χ4v) is 3.53. The van der Waals surface area contributed by atoms with Crippen LogP contribution in [-0.2, 0) is 9.59 Å². The van der Waals surface area contributed by atoms with E-state index in [1.165, 1.54) is 0 Å². The Morgan fingerprint density at radius 1 is 1.24 bits per heavy atom. The molecule has 1 aliphatic carbocycles. The number of aromatic nitrogens is 2. The summed E-state index contributed by atoms with van der Waals surface area (Å²) in [4.78, 5) is 23.8. The molecule has 0 spiro atoms. The monoisotopic (exact) mass is 341 g/mol. The molecule has 3 atom stereocenters. The van der Waals surface area contributed by atoms with Gasteiger partial charge < -0.3 is 10.4 Å². The second-order valence-electron chi connectivity index (χ2n) is 6.64. The molecule has 2 aromatic rings. The molecule has 1 saturated carbocycles. The van der Waals surface area contributed by atoms with Gasteiger partial charge in [0.05, 0.1) is 17.6 Å². The zero-order valence-corrected chi connectivity index (χ0v) is 14.3. The predicted octanol–water partition coefficient (Wildman–Crippen LogP) is 2.94. The number of carbonyl (C=O) groups is 2. The van der Waals surface area contributed by atoms with Crippen LogP contribution in [-0.4, -0.2) is 26.8 Å². The summed E-state index contributed by atoms with van der Waals surface area (Å²) in [6.07, 6.45) is 6.21. The lowest BCUT2D eigenvalue weighted by Crippen LogP contribution is -2.37. The van der Waals surface area contributed by atoms with Crippen LogP contribution in [0.3, 0.4) is 0 Å². The Kier molecular flexibility index (Phi) is 5.16. The topological polar surface area (TPSA) is 84.2 Å². The summed E-state index contributed by atoms with van der Waals surface area (Å²) < 4.78 is 1.78. The maximum absolute atomic E-state index is 12.6. The summed E-state index contributed by atoms with van der Waals surface area (Å²) in [5.41, 5.74) is 1.90. The van der Waals surface area contributed by atoms with Crippen molar-refractivity contribution in [3.63, 3.8) is 0 Å². The number of aliphatic carboxylic acids is 1. The van der Waals surface area contributed by atoms with E-state index >= 15 is 0 Å². The van der Waals surface area contributed by atoms with Crippen LogP contribution < -0.4 is 5.32 Å². The predicted molar refractivity (Wildman–Crippen MR) is 93.2 cm³/mol. The third-order valence-corrected chi connectivity index (χ3v) is 4.91. The number of carboxylic acid groups (broad SMARTS) is 1. The summed E-state index contributed by atoms with van der Waals surface area (Å²) in [6, 6.07) is 9.49. The maximum Gasteiger partial charge on any atom is 0.306 e. The van der Waals surface area contributed by atoms with Crippen molar-refractivity contribution in [3.05, 3.63) is 48.3 Å². The molecule has 0 saturated heterocycles. The highest BCUT2D eigenvalue weighted by Gasteiger charge is 2.31. The van der Waals surface area contributed by atoms with E-state index in [9.17, 15) is 14.7 Å². The van der Waals surface area contributed by atoms with Crippen LogP contribution in [0, 0.1) is 11.8 Å². The highest BCUT2D eigenvalue weighted by atomic mass is 16.4. The zero-order valence-electron chi connectivity index (χ0n) is 14.3. The van der Waals surface area contributed by atoms with Crippen LogP contribution in [0.4, 0.5) is 0 Å². The lowest BCUT2D eigenvalue weighted by Gasteiger charge is -2.27. The fraction of sp³-hybridized carbons (Fsp3) is 0.421. The second kappa shape index (κ2) is 7.51. The molecule has 1 heterocycles. The van der Waals surface area contributed by atoms with Crippen LogP contribution >= 0.6 is 0 Å². The molecule has 0 aliphatic heterocycles. The Morgan fingerprint density at radius 2 is 2.00 bits per heavy atom. The molecule has 132 valence electrons. The molecule has 6 nitrogen and oxygen atoms in total. The maximum atomic E-state index is 12.6. The highest BCUT2D eigenvalue weighted by Crippen LogP contribution is 2.30. The van der Waals surface area contributed by atoms with E-state index in [1.54, 1.807) is 10.9 Å². The first kappa shape index (κ1) is 17.2. The van der Waals surface area contributed by atoms with Crippen LogP contribution in [0.1, 0.15) is 44.2 Å². The van der Waals surface area contributed by atoms with Crippen LogP contribution in [0.5, 0.6) is 0 Å². The smallest absolute Gasteiger partial charge is 0.306 e. The van der Waals surface area contributed by atoms with Gasteiger partial charge in [-0.3, -0.25) is 9.59 Å². The van der Waals surface area contributed by atoms with Crippen molar-refractivity contribution in [2.24, 2.45) is 11.8 Å². The average Bonchev–Trinajstić information content (AvgIpc) is 3.16. The molecule has 2 N–H and O–H groups in total. The van der Waals surface area contributed by atoms with Gasteiger partial charge in [0, 0.05) is 18.3 Å². The lowest BCUT2D eigenvalue weighted by molar-refractivity contribution is -0.144. The summed E-state index contributed by atoms with van der Waals surface area (Å²) in [7, 11) is 0. The molecule has 1 aromatic carbocycles. The molecule has 25 heavy (non-hydrogen) atoms. The minimum Gasteiger partial charge on any atom is -0.481 e. The number of carbonyl (C=O) groups excluding carboxylic acids is 1. The molecule has 1 aromatic heterocycles. The Labute approximate surface area is 146 Å². The van der Waals surface area contributed by atoms with E-state index in [0.29, 0.717) is 12.8 Å². The van der Waals surface area contributed by atoms with Gasteiger partial charge in [-0.2, -0.15) is 5.10 Å². The normalized spacial score (nSPS) is 21.5. The number of rotatable bonds is 5. The van der Waals surface area contributed by atoms with E-state index in [2.05, 4.69) is 10.4 Å². The molecule has 0 bridgehead atoms. The van der Waals surface area contributed by atoms with Crippen molar-refractivity contribution >= 4 is 11.9 Å². The van der Waals surface area contributed by atoms with Gasteiger partial charge in [0.2, 0.25) is 5.91 Å². The van der Waals surface area contributed by atoms with E-state index in [4.69, 9.17) is 0 Å². The number of amides is 1. The third kappa shape index (κ3) is 3.90. The minimum absolute atomic E-state index is 0.0614. The van der Waals surface area contributed by atoms with Gasteiger partial charge in [0.15, 0.2) is 0 Å². The minimum atomic E-state index is -0.797. The van der Waals surface area contributed by atoms with Crippen molar-refractivity contribution in [2.75, 3.05) is 0 Å². The Bertz CT molecular complexity index is 742. The molecule has 3 rings (SSSR count). The first-order valence-corrected chi connectivity index (χ1v) is 8.68. The molecule has 6 heteroatoms. The number of para-hydroxylation sites is 1. The van der Waals surface area contributed by atoms with Gasteiger partial charge in [-0.05, 0) is 43.9 Å². The van der Waals surface area contributed by atoms with Crippen LogP contribution in [0.15, 0.2) is 42.7 Å². The van der Waals surface area contributed by atoms with Gasteiger partial charge in [-0.15, -0.1) is 0 Å². The quantitative estimate of drug-likeness (QED) is 0.876.